The van der Waals surface area contributed by atoms with Crippen molar-refractivity contribution in [2.24, 2.45) is 5.92 Å². The van der Waals surface area contributed by atoms with Crippen LogP contribution in [0.4, 0.5) is 8.78 Å². The van der Waals surface area contributed by atoms with Gasteiger partial charge in [0.25, 0.3) is 0 Å². The van der Waals surface area contributed by atoms with Crippen LogP contribution in [0.3, 0.4) is 0 Å². The van der Waals surface area contributed by atoms with Crippen LogP contribution >= 0.6 is 7.60 Å². The second kappa shape index (κ2) is 8.63. The highest BCUT2D eigenvalue weighted by atomic mass is 31.2. The van der Waals surface area contributed by atoms with Gasteiger partial charge in [-0.3, -0.25) is 4.52 Å². The van der Waals surface area contributed by atoms with E-state index in [0.29, 0.717) is 0 Å². The second-order valence-corrected chi connectivity index (χ2v) is 8.11. The van der Waals surface area contributed by atoms with Gasteiger partial charge >= 0.3 is 19.2 Å². The molecule has 27 heavy (non-hydrogen) atoms. The topological polar surface area (TPSA) is 61.8 Å². The Morgan fingerprint density at radius 1 is 0.926 bits per heavy atom. The van der Waals surface area contributed by atoms with E-state index in [0.717, 1.165) is 0 Å². The largest absolute Gasteiger partial charge is 0.449 e. The highest BCUT2D eigenvalue weighted by Crippen LogP contribution is 2.64. The molecule has 2 atom stereocenters. The molecule has 146 valence electrons. The fourth-order valence-electron chi connectivity index (χ4n) is 2.03. The summed E-state index contributed by atoms with van der Waals surface area (Å²) in [5.74, 6) is -2.14. The van der Waals surface area contributed by atoms with E-state index in [9.17, 15) is 18.1 Å². The Morgan fingerprint density at radius 3 is 1.89 bits per heavy atom. The fraction of sp³-hybridized carbons (Fsp3) is 0.316. The van der Waals surface area contributed by atoms with Crippen molar-refractivity contribution < 1.29 is 31.9 Å². The van der Waals surface area contributed by atoms with Gasteiger partial charge in [-0.25, -0.2) is 9.36 Å². The SMILES string of the molecule is CC(OP(=O)(Oc1ccccc1)C(F)(F)C(C)C)C(=O)Oc1ccccc1. The molecule has 2 rings (SSSR count). The zero-order valence-corrected chi connectivity index (χ0v) is 16.1. The number of esters is 1. The lowest BCUT2D eigenvalue weighted by molar-refractivity contribution is -0.142. The summed E-state index contributed by atoms with van der Waals surface area (Å²) in [5, 5.41) is 0. The van der Waals surface area contributed by atoms with Gasteiger partial charge in [0.2, 0.25) is 0 Å². The normalized spacial score (nSPS) is 15.0. The number of para-hydroxylation sites is 2. The third kappa shape index (κ3) is 5.15. The van der Waals surface area contributed by atoms with Crippen LogP contribution in [0.15, 0.2) is 60.7 Å². The van der Waals surface area contributed by atoms with Gasteiger partial charge in [-0.1, -0.05) is 50.2 Å². The van der Waals surface area contributed by atoms with E-state index < -0.39 is 31.3 Å². The van der Waals surface area contributed by atoms with Gasteiger partial charge in [-0.05, 0) is 31.2 Å². The summed E-state index contributed by atoms with van der Waals surface area (Å²) >= 11 is 0. The van der Waals surface area contributed by atoms with Gasteiger partial charge in [-0.2, -0.15) is 8.78 Å². The Balaban J connectivity index is 2.23. The molecule has 0 saturated carbocycles. The first-order valence-electron chi connectivity index (χ1n) is 8.33. The van der Waals surface area contributed by atoms with E-state index in [1.165, 1.54) is 45.0 Å². The predicted octanol–water partition coefficient (Wildman–Crippen LogP) is 5.52. The number of hydrogen-bond acceptors (Lipinski definition) is 5. The van der Waals surface area contributed by atoms with E-state index >= 15 is 0 Å². The smallest absolute Gasteiger partial charge is 0.425 e. The summed E-state index contributed by atoms with van der Waals surface area (Å²) in [6.45, 7) is 3.57. The summed E-state index contributed by atoms with van der Waals surface area (Å²) < 4.78 is 57.5. The van der Waals surface area contributed by atoms with E-state index in [2.05, 4.69) is 0 Å². The maximum atomic E-state index is 14.7. The molecule has 0 aliphatic rings. The van der Waals surface area contributed by atoms with Crippen LogP contribution in [0.5, 0.6) is 11.5 Å². The third-order valence-electron chi connectivity index (χ3n) is 3.62. The minimum Gasteiger partial charge on any atom is -0.425 e. The molecule has 0 fully saturated rings. The van der Waals surface area contributed by atoms with Crippen LogP contribution in [0.25, 0.3) is 0 Å². The number of carbonyl (C=O) groups is 1. The third-order valence-corrected chi connectivity index (χ3v) is 5.91. The number of alkyl halides is 2. The van der Waals surface area contributed by atoms with Crippen molar-refractivity contribution in [2.45, 2.75) is 32.5 Å². The molecule has 0 saturated heterocycles. The first-order chi connectivity index (χ1) is 12.7. The second-order valence-electron chi connectivity index (χ2n) is 6.13. The van der Waals surface area contributed by atoms with Crippen molar-refractivity contribution in [3.63, 3.8) is 0 Å². The van der Waals surface area contributed by atoms with E-state index in [-0.39, 0.29) is 11.5 Å². The maximum absolute atomic E-state index is 14.7. The summed E-state index contributed by atoms with van der Waals surface area (Å²) in [7, 11) is -5.05. The predicted molar refractivity (Wildman–Crippen MR) is 97.1 cm³/mol. The van der Waals surface area contributed by atoms with Crippen LogP contribution in [0, 0.1) is 5.92 Å². The van der Waals surface area contributed by atoms with Gasteiger partial charge in [0, 0.05) is 5.92 Å². The Morgan fingerprint density at radius 2 is 1.41 bits per heavy atom. The molecule has 2 aromatic rings. The van der Waals surface area contributed by atoms with Crippen molar-refractivity contribution >= 4 is 13.6 Å². The molecule has 8 heteroatoms. The standard InChI is InChI=1S/C19H21F2O5P/c1-14(2)19(20,21)27(23,26-17-12-8-5-9-13-17)25-15(3)18(22)24-16-10-6-4-7-11-16/h4-15H,1-3H3. The van der Waals surface area contributed by atoms with Gasteiger partial charge in [-0.15, -0.1) is 0 Å². The summed E-state index contributed by atoms with van der Waals surface area (Å²) in [5.41, 5.74) is -3.82. The van der Waals surface area contributed by atoms with Gasteiger partial charge in [0.15, 0.2) is 6.10 Å². The molecular formula is C19H21F2O5P. The molecule has 0 radical (unpaired) electrons. The van der Waals surface area contributed by atoms with Gasteiger partial charge in [0.05, 0.1) is 0 Å². The molecular weight excluding hydrogens is 377 g/mol. The van der Waals surface area contributed by atoms with Crippen LogP contribution in [0.1, 0.15) is 20.8 Å². The lowest BCUT2D eigenvalue weighted by Crippen LogP contribution is -2.33. The zero-order valence-electron chi connectivity index (χ0n) is 15.2. The number of benzene rings is 2. The molecule has 2 unspecified atom stereocenters. The molecule has 2 aromatic carbocycles. The van der Waals surface area contributed by atoms with Crippen LogP contribution < -0.4 is 9.26 Å². The zero-order chi connectivity index (χ0) is 20.1. The number of halogens is 2. The molecule has 0 amide bonds. The van der Waals surface area contributed by atoms with Crippen molar-refractivity contribution in [1.82, 2.24) is 0 Å². The number of rotatable bonds is 8. The quantitative estimate of drug-likeness (QED) is 0.333. The van der Waals surface area contributed by atoms with Crippen molar-refractivity contribution in [3.8, 4) is 11.5 Å². The Kier molecular flexibility index (Phi) is 6.73. The molecule has 0 aliphatic heterocycles. The molecule has 0 spiro atoms. The van der Waals surface area contributed by atoms with Crippen molar-refractivity contribution in [3.05, 3.63) is 60.7 Å². The van der Waals surface area contributed by atoms with E-state index in [1.54, 1.807) is 36.4 Å². The molecule has 0 N–H and O–H groups in total. The molecule has 0 bridgehead atoms. The Hall–Kier alpha value is -2.24. The average Bonchev–Trinajstić information content (AvgIpc) is 2.63. The van der Waals surface area contributed by atoms with Gasteiger partial charge in [0.1, 0.15) is 11.5 Å². The molecule has 0 aromatic heterocycles. The lowest BCUT2D eigenvalue weighted by Gasteiger charge is -2.30. The van der Waals surface area contributed by atoms with Crippen LogP contribution in [-0.2, 0) is 13.9 Å². The molecule has 0 heterocycles. The number of ether oxygens (including phenoxy) is 1. The first-order valence-corrected chi connectivity index (χ1v) is 9.87. The number of hydrogen-bond donors (Lipinski definition) is 0. The molecule has 5 nitrogen and oxygen atoms in total. The van der Waals surface area contributed by atoms with Crippen molar-refractivity contribution in [1.29, 1.82) is 0 Å². The maximum Gasteiger partial charge on any atom is 0.449 e. The Bertz CT molecular complexity index is 796. The summed E-state index contributed by atoms with van der Waals surface area (Å²) in [4.78, 5) is 12.2. The minimum absolute atomic E-state index is 0.0511. The Labute approximate surface area is 156 Å². The van der Waals surface area contributed by atoms with E-state index in [4.69, 9.17) is 13.8 Å². The summed E-state index contributed by atoms with van der Waals surface area (Å²) in [6, 6.07) is 15.5. The van der Waals surface area contributed by atoms with Crippen LogP contribution in [0.2, 0.25) is 0 Å². The highest BCUT2D eigenvalue weighted by molar-refractivity contribution is 7.55. The number of carbonyl (C=O) groups excluding carboxylic acids is 1. The first kappa shape index (κ1) is 21.1. The summed E-state index contributed by atoms with van der Waals surface area (Å²) in [6.07, 6.45) is -1.54. The monoisotopic (exact) mass is 398 g/mol. The van der Waals surface area contributed by atoms with Crippen LogP contribution in [-0.4, -0.2) is 17.7 Å². The minimum atomic E-state index is -5.05. The van der Waals surface area contributed by atoms with Gasteiger partial charge < -0.3 is 9.26 Å². The molecule has 0 aliphatic carbocycles. The van der Waals surface area contributed by atoms with Crippen molar-refractivity contribution in [2.75, 3.05) is 0 Å². The van der Waals surface area contributed by atoms with E-state index in [1.807, 2.05) is 0 Å². The highest BCUT2D eigenvalue weighted by Gasteiger charge is 2.58. The average molecular weight is 398 g/mol. The fourth-order valence-corrected chi connectivity index (χ4v) is 3.87. The lowest BCUT2D eigenvalue weighted by atomic mass is 10.2.